The van der Waals surface area contributed by atoms with E-state index in [-0.39, 0.29) is 11.8 Å². The van der Waals surface area contributed by atoms with Gasteiger partial charge in [-0.05, 0) is 42.5 Å². The molecule has 1 aromatic heterocycles. The lowest BCUT2D eigenvalue weighted by molar-refractivity contribution is -0.117. The van der Waals surface area contributed by atoms with Gasteiger partial charge in [-0.2, -0.15) is 4.98 Å². The van der Waals surface area contributed by atoms with Crippen LogP contribution in [0, 0.1) is 0 Å². The van der Waals surface area contributed by atoms with E-state index in [1.54, 1.807) is 24.1 Å². The van der Waals surface area contributed by atoms with Crippen LogP contribution in [0.4, 0.5) is 5.69 Å². The van der Waals surface area contributed by atoms with Gasteiger partial charge in [0.25, 0.3) is 5.89 Å². The van der Waals surface area contributed by atoms with Crippen molar-refractivity contribution < 1.29 is 14.1 Å². The Bertz CT molecular complexity index is 939. The molecule has 1 saturated heterocycles. The molecule has 26 heavy (non-hydrogen) atoms. The topological polar surface area (TPSA) is 68.5 Å². The standard InChI is InChI=1S/C19H16ClN3O3/c1-25-16-7-5-12(6-8-16)19-21-18(22-26-19)13-9-17(24)23(11-13)15-4-2-3-14(20)10-15/h2-8,10,13H,9,11H2,1H3. The van der Waals surface area contributed by atoms with Crippen LogP contribution in [0.1, 0.15) is 18.2 Å². The fourth-order valence-corrected chi connectivity index (χ4v) is 3.21. The Hall–Kier alpha value is -2.86. The predicted molar refractivity (Wildman–Crippen MR) is 97.4 cm³/mol. The van der Waals surface area contributed by atoms with Gasteiger partial charge in [0.1, 0.15) is 5.75 Å². The Balaban J connectivity index is 1.53. The summed E-state index contributed by atoms with van der Waals surface area (Å²) in [6, 6.07) is 14.6. The second-order valence-electron chi connectivity index (χ2n) is 6.07. The number of hydrogen-bond acceptors (Lipinski definition) is 5. The first-order valence-corrected chi connectivity index (χ1v) is 8.56. The Kier molecular flexibility index (Phi) is 4.34. The number of aromatic nitrogens is 2. The number of carbonyl (C=O) groups is 1. The van der Waals surface area contributed by atoms with Crippen LogP contribution >= 0.6 is 11.6 Å². The first-order valence-electron chi connectivity index (χ1n) is 8.18. The highest BCUT2D eigenvalue weighted by molar-refractivity contribution is 6.30. The average molecular weight is 370 g/mol. The molecule has 0 N–H and O–H groups in total. The third-order valence-corrected chi connectivity index (χ3v) is 4.62. The molecule has 0 bridgehead atoms. The highest BCUT2D eigenvalue weighted by atomic mass is 35.5. The number of amides is 1. The van der Waals surface area contributed by atoms with Gasteiger partial charge in [-0.3, -0.25) is 4.79 Å². The summed E-state index contributed by atoms with van der Waals surface area (Å²) in [5.41, 5.74) is 1.59. The first-order chi connectivity index (χ1) is 12.6. The lowest BCUT2D eigenvalue weighted by Gasteiger charge is -2.16. The van der Waals surface area contributed by atoms with E-state index >= 15 is 0 Å². The number of anilines is 1. The van der Waals surface area contributed by atoms with Gasteiger partial charge in [0.05, 0.1) is 7.11 Å². The predicted octanol–water partition coefficient (Wildman–Crippen LogP) is 3.92. The smallest absolute Gasteiger partial charge is 0.257 e. The molecule has 1 atom stereocenters. The van der Waals surface area contributed by atoms with E-state index in [1.165, 1.54) is 0 Å². The van der Waals surface area contributed by atoms with E-state index in [4.69, 9.17) is 20.9 Å². The molecule has 1 unspecified atom stereocenters. The van der Waals surface area contributed by atoms with E-state index < -0.39 is 0 Å². The van der Waals surface area contributed by atoms with Gasteiger partial charge < -0.3 is 14.2 Å². The van der Waals surface area contributed by atoms with Crippen molar-refractivity contribution in [2.24, 2.45) is 0 Å². The zero-order valence-corrected chi connectivity index (χ0v) is 14.8. The maximum Gasteiger partial charge on any atom is 0.257 e. The van der Waals surface area contributed by atoms with Crippen LogP contribution in [0.2, 0.25) is 5.02 Å². The molecule has 0 radical (unpaired) electrons. The van der Waals surface area contributed by atoms with Crippen LogP contribution in [0.3, 0.4) is 0 Å². The van der Waals surface area contributed by atoms with Crippen molar-refractivity contribution in [3.63, 3.8) is 0 Å². The van der Waals surface area contributed by atoms with E-state index in [1.807, 2.05) is 36.4 Å². The molecule has 2 aromatic carbocycles. The number of ether oxygens (including phenoxy) is 1. The number of rotatable bonds is 4. The van der Waals surface area contributed by atoms with Crippen LogP contribution in [-0.4, -0.2) is 29.7 Å². The molecule has 1 amide bonds. The van der Waals surface area contributed by atoms with E-state index in [0.29, 0.717) is 29.7 Å². The highest BCUT2D eigenvalue weighted by Crippen LogP contribution is 2.32. The number of hydrogen-bond donors (Lipinski definition) is 0. The molecule has 1 aliphatic heterocycles. The second kappa shape index (κ2) is 6.80. The number of carbonyl (C=O) groups excluding carboxylic acids is 1. The molecule has 4 rings (SSSR count). The fourth-order valence-electron chi connectivity index (χ4n) is 3.03. The summed E-state index contributed by atoms with van der Waals surface area (Å²) < 4.78 is 10.5. The molecule has 1 aliphatic rings. The van der Waals surface area contributed by atoms with Gasteiger partial charge in [0, 0.05) is 35.2 Å². The molecule has 7 heteroatoms. The van der Waals surface area contributed by atoms with Crippen molar-refractivity contribution in [1.29, 1.82) is 0 Å². The molecule has 0 spiro atoms. The molecule has 3 aromatic rings. The summed E-state index contributed by atoms with van der Waals surface area (Å²) in [6.45, 7) is 0.501. The summed E-state index contributed by atoms with van der Waals surface area (Å²) in [5.74, 6) is 1.63. The van der Waals surface area contributed by atoms with Crippen molar-refractivity contribution in [2.45, 2.75) is 12.3 Å². The minimum absolute atomic E-state index is 0.0214. The fraction of sp³-hybridized carbons (Fsp3) is 0.211. The van der Waals surface area contributed by atoms with Crippen LogP contribution in [0.5, 0.6) is 5.75 Å². The quantitative estimate of drug-likeness (QED) is 0.697. The van der Waals surface area contributed by atoms with E-state index in [9.17, 15) is 4.79 Å². The van der Waals surface area contributed by atoms with Gasteiger partial charge in [-0.15, -0.1) is 0 Å². The maximum atomic E-state index is 12.4. The van der Waals surface area contributed by atoms with Crippen LogP contribution in [0.25, 0.3) is 11.5 Å². The van der Waals surface area contributed by atoms with Crippen molar-refractivity contribution in [3.8, 4) is 17.2 Å². The van der Waals surface area contributed by atoms with Crippen molar-refractivity contribution in [3.05, 3.63) is 59.4 Å². The lowest BCUT2D eigenvalue weighted by Crippen LogP contribution is -2.24. The number of halogens is 1. The first kappa shape index (κ1) is 16.6. The Morgan fingerprint density at radius 1 is 1.23 bits per heavy atom. The molecule has 0 aliphatic carbocycles. The SMILES string of the molecule is COc1ccc(-c2nc(C3CC(=O)N(c4cccc(Cl)c4)C3)no2)cc1. The van der Waals surface area contributed by atoms with Crippen LogP contribution in [-0.2, 0) is 4.79 Å². The summed E-state index contributed by atoms with van der Waals surface area (Å²) in [7, 11) is 1.61. The van der Waals surface area contributed by atoms with Gasteiger partial charge in [-0.25, -0.2) is 0 Å². The third-order valence-electron chi connectivity index (χ3n) is 4.39. The second-order valence-corrected chi connectivity index (χ2v) is 6.51. The average Bonchev–Trinajstić information content (AvgIpc) is 3.29. The van der Waals surface area contributed by atoms with Crippen molar-refractivity contribution in [1.82, 2.24) is 10.1 Å². The summed E-state index contributed by atoms with van der Waals surface area (Å²) in [5, 5.41) is 4.67. The molecule has 2 heterocycles. The third kappa shape index (κ3) is 3.15. The molecule has 1 fully saturated rings. The molecule has 0 saturated carbocycles. The Morgan fingerprint density at radius 2 is 2.04 bits per heavy atom. The van der Waals surface area contributed by atoms with Gasteiger partial charge in [-0.1, -0.05) is 22.8 Å². The molecular weight excluding hydrogens is 354 g/mol. The van der Waals surface area contributed by atoms with Gasteiger partial charge in [0.15, 0.2) is 5.82 Å². The lowest BCUT2D eigenvalue weighted by atomic mass is 10.1. The van der Waals surface area contributed by atoms with Crippen molar-refractivity contribution >= 4 is 23.2 Å². The van der Waals surface area contributed by atoms with Gasteiger partial charge in [0.2, 0.25) is 5.91 Å². The van der Waals surface area contributed by atoms with Gasteiger partial charge >= 0.3 is 0 Å². The highest BCUT2D eigenvalue weighted by Gasteiger charge is 2.34. The van der Waals surface area contributed by atoms with E-state index in [0.717, 1.165) is 17.0 Å². The number of methoxy groups -OCH3 is 1. The maximum absolute atomic E-state index is 12.4. The van der Waals surface area contributed by atoms with E-state index in [2.05, 4.69) is 10.1 Å². The Labute approximate surface area is 155 Å². The summed E-state index contributed by atoms with van der Waals surface area (Å²) in [6.07, 6.45) is 0.341. The number of benzene rings is 2. The molecule has 6 nitrogen and oxygen atoms in total. The van der Waals surface area contributed by atoms with Crippen molar-refractivity contribution in [2.75, 3.05) is 18.6 Å². The molecular formula is C19H16ClN3O3. The largest absolute Gasteiger partial charge is 0.497 e. The minimum atomic E-state index is -0.114. The van der Waals surface area contributed by atoms with Crippen LogP contribution in [0.15, 0.2) is 53.1 Å². The van der Waals surface area contributed by atoms with Crippen LogP contribution < -0.4 is 9.64 Å². The summed E-state index contributed by atoms with van der Waals surface area (Å²) >= 11 is 6.03. The zero-order valence-electron chi connectivity index (χ0n) is 14.1. The summed E-state index contributed by atoms with van der Waals surface area (Å²) in [4.78, 5) is 18.6. The monoisotopic (exact) mass is 369 g/mol. The Morgan fingerprint density at radius 3 is 2.77 bits per heavy atom. The number of nitrogens with zero attached hydrogens (tertiary/aromatic N) is 3. The zero-order chi connectivity index (χ0) is 18.1. The minimum Gasteiger partial charge on any atom is -0.497 e. The molecule has 132 valence electrons. The normalized spacial score (nSPS) is 16.9.